The van der Waals surface area contributed by atoms with Crippen molar-refractivity contribution in [1.82, 2.24) is 10.2 Å². The van der Waals surface area contributed by atoms with Crippen molar-refractivity contribution in [3.05, 3.63) is 84.4 Å². The standard InChI is InChI=1S/C21H14N2O4/c24-21(25)16-6-4-5-15(13-16)20-23-22-19(27-20)14-9-11-18(12-10-14)26-17-7-2-1-3-8-17/h1-13H,(H,24,25). The van der Waals surface area contributed by atoms with E-state index in [1.54, 1.807) is 12.1 Å². The molecule has 27 heavy (non-hydrogen) atoms. The second-order valence-electron chi connectivity index (χ2n) is 5.74. The monoisotopic (exact) mass is 358 g/mol. The van der Waals surface area contributed by atoms with E-state index in [1.165, 1.54) is 12.1 Å². The molecule has 0 fully saturated rings. The van der Waals surface area contributed by atoms with Crippen LogP contribution in [0.15, 0.2) is 83.3 Å². The van der Waals surface area contributed by atoms with Crippen molar-refractivity contribution in [3.8, 4) is 34.4 Å². The maximum atomic E-state index is 11.1. The van der Waals surface area contributed by atoms with Gasteiger partial charge in [-0.2, -0.15) is 0 Å². The van der Waals surface area contributed by atoms with Gasteiger partial charge in [0.2, 0.25) is 11.8 Å². The molecule has 1 aromatic heterocycles. The van der Waals surface area contributed by atoms with Crippen LogP contribution in [0.5, 0.6) is 11.5 Å². The maximum absolute atomic E-state index is 11.1. The quantitative estimate of drug-likeness (QED) is 0.546. The van der Waals surface area contributed by atoms with E-state index in [1.807, 2.05) is 54.6 Å². The average molecular weight is 358 g/mol. The second kappa shape index (κ2) is 7.13. The van der Waals surface area contributed by atoms with Gasteiger partial charge in [0.05, 0.1) is 5.56 Å². The Hall–Kier alpha value is -3.93. The van der Waals surface area contributed by atoms with Crippen LogP contribution in [0.2, 0.25) is 0 Å². The number of ether oxygens (including phenoxy) is 1. The van der Waals surface area contributed by atoms with Crippen LogP contribution in [0.3, 0.4) is 0 Å². The van der Waals surface area contributed by atoms with Gasteiger partial charge in [0, 0.05) is 11.1 Å². The van der Waals surface area contributed by atoms with Crippen molar-refractivity contribution in [3.63, 3.8) is 0 Å². The third-order valence-corrected chi connectivity index (χ3v) is 3.86. The normalized spacial score (nSPS) is 10.5. The molecule has 0 radical (unpaired) electrons. The predicted octanol–water partition coefficient (Wildman–Crippen LogP) is 4.89. The van der Waals surface area contributed by atoms with Gasteiger partial charge in [-0.1, -0.05) is 24.3 Å². The average Bonchev–Trinajstić information content (AvgIpc) is 3.20. The lowest BCUT2D eigenvalue weighted by molar-refractivity contribution is 0.0697. The SMILES string of the molecule is O=C(O)c1cccc(-c2nnc(-c3ccc(Oc4ccccc4)cc3)o2)c1. The van der Waals surface area contributed by atoms with E-state index in [9.17, 15) is 4.79 Å². The van der Waals surface area contributed by atoms with Crippen molar-refractivity contribution in [2.45, 2.75) is 0 Å². The zero-order chi connectivity index (χ0) is 18.6. The molecular weight excluding hydrogens is 344 g/mol. The third-order valence-electron chi connectivity index (χ3n) is 3.86. The lowest BCUT2D eigenvalue weighted by atomic mass is 10.1. The zero-order valence-corrected chi connectivity index (χ0v) is 14.1. The molecule has 0 aliphatic rings. The molecule has 0 unspecified atom stereocenters. The lowest BCUT2D eigenvalue weighted by Gasteiger charge is -2.05. The highest BCUT2D eigenvalue weighted by atomic mass is 16.5. The molecule has 0 atom stereocenters. The molecule has 3 aromatic carbocycles. The first-order chi connectivity index (χ1) is 13.2. The fourth-order valence-electron chi connectivity index (χ4n) is 2.53. The summed E-state index contributed by atoms with van der Waals surface area (Å²) in [5, 5.41) is 17.2. The molecule has 0 saturated heterocycles. The van der Waals surface area contributed by atoms with Gasteiger partial charge in [-0.15, -0.1) is 10.2 Å². The smallest absolute Gasteiger partial charge is 0.335 e. The molecule has 0 spiro atoms. The van der Waals surface area contributed by atoms with Gasteiger partial charge in [-0.05, 0) is 54.6 Å². The van der Waals surface area contributed by atoms with Crippen LogP contribution < -0.4 is 4.74 Å². The number of carbonyl (C=O) groups is 1. The van der Waals surface area contributed by atoms with Gasteiger partial charge < -0.3 is 14.3 Å². The van der Waals surface area contributed by atoms with Crippen molar-refractivity contribution in [2.24, 2.45) is 0 Å². The fraction of sp³-hybridized carbons (Fsp3) is 0. The number of aromatic carboxylic acids is 1. The summed E-state index contributed by atoms with van der Waals surface area (Å²) in [5.41, 5.74) is 1.45. The Morgan fingerprint density at radius 3 is 2.15 bits per heavy atom. The van der Waals surface area contributed by atoms with Crippen molar-refractivity contribution >= 4 is 5.97 Å². The Balaban J connectivity index is 1.55. The Labute approximate surface area is 154 Å². The topological polar surface area (TPSA) is 85.5 Å². The minimum absolute atomic E-state index is 0.162. The first-order valence-corrected chi connectivity index (χ1v) is 8.19. The first-order valence-electron chi connectivity index (χ1n) is 8.19. The largest absolute Gasteiger partial charge is 0.478 e. The van der Waals surface area contributed by atoms with E-state index in [4.69, 9.17) is 14.3 Å². The number of nitrogens with zero attached hydrogens (tertiary/aromatic N) is 2. The molecule has 1 heterocycles. The van der Waals surface area contributed by atoms with E-state index in [-0.39, 0.29) is 11.5 Å². The third kappa shape index (κ3) is 3.69. The Bertz CT molecular complexity index is 1070. The molecule has 6 heteroatoms. The fourth-order valence-corrected chi connectivity index (χ4v) is 2.53. The van der Waals surface area contributed by atoms with Crippen LogP contribution >= 0.6 is 0 Å². The lowest BCUT2D eigenvalue weighted by Crippen LogP contribution is -1.95. The van der Waals surface area contributed by atoms with E-state index in [0.29, 0.717) is 17.2 Å². The van der Waals surface area contributed by atoms with E-state index >= 15 is 0 Å². The number of rotatable bonds is 5. The summed E-state index contributed by atoms with van der Waals surface area (Å²) in [4.78, 5) is 11.1. The molecular formula is C21H14N2O4. The minimum atomic E-state index is -1.01. The summed E-state index contributed by atoms with van der Waals surface area (Å²) < 4.78 is 11.4. The van der Waals surface area contributed by atoms with Crippen molar-refractivity contribution in [2.75, 3.05) is 0 Å². The number of aromatic nitrogens is 2. The number of hydrogen-bond donors (Lipinski definition) is 1. The molecule has 0 aliphatic carbocycles. The summed E-state index contributed by atoms with van der Waals surface area (Å²) in [7, 11) is 0. The molecule has 4 rings (SSSR count). The second-order valence-corrected chi connectivity index (χ2v) is 5.74. The number of benzene rings is 3. The Morgan fingerprint density at radius 2 is 1.44 bits per heavy atom. The highest BCUT2D eigenvalue weighted by Gasteiger charge is 2.12. The first kappa shape index (κ1) is 16.5. The summed E-state index contributed by atoms with van der Waals surface area (Å²) in [6.45, 7) is 0. The summed E-state index contributed by atoms with van der Waals surface area (Å²) in [5.74, 6) is 1.04. The number of para-hydroxylation sites is 1. The Kier molecular flexibility index (Phi) is 4.37. The molecule has 6 nitrogen and oxygen atoms in total. The molecule has 0 saturated carbocycles. The van der Waals surface area contributed by atoms with Crippen LogP contribution in [0.4, 0.5) is 0 Å². The van der Waals surface area contributed by atoms with E-state index in [2.05, 4.69) is 10.2 Å². The minimum Gasteiger partial charge on any atom is -0.478 e. The van der Waals surface area contributed by atoms with Gasteiger partial charge in [-0.3, -0.25) is 0 Å². The molecule has 132 valence electrons. The molecule has 1 N–H and O–H groups in total. The van der Waals surface area contributed by atoms with Gasteiger partial charge in [-0.25, -0.2) is 4.79 Å². The molecule has 4 aromatic rings. The van der Waals surface area contributed by atoms with E-state index < -0.39 is 5.97 Å². The van der Waals surface area contributed by atoms with Crippen LogP contribution in [0, 0.1) is 0 Å². The number of carboxylic acids is 1. The molecule has 0 bridgehead atoms. The summed E-state index contributed by atoms with van der Waals surface area (Å²) in [6, 6.07) is 23.1. The highest BCUT2D eigenvalue weighted by Crippen LogP contribution is 2.27. The number of carboxylic acid groups (broad SMARTS) is 1. The number of hydrogen-bond acceptors (Lipinski definition) is 5. The summed E-state index contributed by atoms with van der Waals surface area (Å²) in [6.07, 6.45) is 0. The van der Waals surface area contributed by atoms with Crippen molar-refractivity contribution < 1.29 is 19.1 Å². The summed E-state index contributed by atoms with van der Waals surface area (Å²) >= 11 is 0. The van der Waals surface area contributed by atoms with Crippen molar-refractivity contribution in [1.29, 1.82) is 0 Å². The van der Waals surface area contributed by atoms with Crippen LogP contribution in [0.25, 0.3) is 22.9 Å². The van der Waals surface area contributed by atoms with Gasteiger partial charge in [0.15, 0.2) is 0 Å². The molecule has 0 aliphatic heterocycles. The van der Waals surface area contributed by atoms with E-state index in [0.717, 1.165) is 11.3 Å². The van der Waals surface area contributed by atoms with Gasteiger partial charge in [0.25, 0.3) is 0 Å². The van der Waals surface area contributed by atoms with Gasteiger partial charge in [0.1, 0.15) is 11.5 Å². The molecule has 0 amide bonds. The maximum Gasteiger partial charge on any atom is 0.335 e. The highest BCUT2D eigenvalue weighted by molar-refractivity contribution is 5.89. The van der Waals surface area contributed by atoms with Gasteiger partial charge >= 0.3 is 5.97 Å². The van der Waals surface area contributed by atoms with Crippen LogP contribution in [-0.2, 0) is 0 Å². The zero-order valence-electron chi connectivity index (χ0n) is 14.1. The predicted molar refractivity (Wildman–Crippen MR) is 98.6 cm³/mol. The van der Waals surface area contributed by atoms with Crippen LogP contribution in [0.1, 0.15) is 10.4 Å². The Morgan fingerprint density at radius 1 is 0.778 bits per heavy atom. The van der Waals surface area contributed by atoms with Crippen LogP contribution in [-0.4, -0.2) is 21.3 Å².